The van der Waals surface area contributed by atoms with E-state index in [2.05, 4.69) is 5.32 Å². The van der Waals surface area contributed by atoms with Gasteiger partial charge in [0.1, 0.15) is 30.1 Å². The van der Waals surface area contributed by atoms with Gasteiger partial charge < -0.3 is 15.2 Å². The number of aliphatic hydroxyl groups is 1. The Balaban J connectivity index is 1.80. The first-order valence-corrected chi connectivity index (χ1v) is 6.61. The Labute approximate surface area is 122 Å². The lowest BCUT2D eigenvalue weighted by Crippen LogP contribution is -2.26. The molecule has 0 aromatic heterocycles. The molecule has 0 amide bonds. The maximum absolute atomic E-state index is 13.1. The number of aryl methyl sites for hydroxylation is 1. The molecule has 0 bridgehead atoms. The molecule has 21 heavy (non-hydrogen) atoms. The van der Waals surface area contributed by atoms with E-state index < -0.39 is 6.10 Å². The second-order valence-corrected chi connectivity index (χ2v) is 4.76. The Morgan fingerprint density at radius 1 is 1.10 bits per heavy atom. The van der Waals surface area contributed by atoms with E-state index in [1.54, 1.807) is 6.07 Å². The zero-order chi connectivity index (χ0) is 15.2. The van der Waals surface area contributed by atoms with Crippen molar-refractivity contribution in [3.8, 4) is 5.75 Å². The third-order valence-electron chi connectivity index (χ3n) is 2.98. The fourth-order valence-corrected chi connectivity index (χ4v) is 1.79. The summed E-state index contributed by atoms with van der Waals surface area (Å²) in [4.78, 5) is 0. The molecule has 2 aromatic carbocycles. The summed E-state index contributed by atoms with van der Waals surface area (Å²) in [6, 6.07) is 9.99. The third-order valence-corrected chi connectivity index (χ3v) is 2.98. The number of anilines is 1. The minimum Gasteiger partial charge on any atom is -0.491 e. The molecule has 0 aliphatic carbocycles. The van der Waals surface area contributed by atoms with Crippen LogP contribution in [0.5, 0.6) is 5.75 Å². The van der Waals surface area contributed by atoms with Crippen molar-refractivity contribution in [3.63, 3.8) is 0 Å². The van der Waals surface area contributed by atoms with Crippen LogP contribution in [-0.4, -0.2) is 24.4 Å². The molecule has 1 unspecified atom stereocenters. The fraction of sp³-hybridized carbons (Fsp3) is 0.250. The van der Waals surface area contributed by atoms with E-state index in [1.165, 1.54) is 36.4 Å². The Bertz CT molecular complexity index is 587. The maximum Gasteiger partial charge on any atom is 0.125 e. The number of ether oxygens (including phenoxy) is 1. The normalized spacial score (nSPS) is 12.0. The van der Waals surface area contributed by atoms with E-state index >= 15 is 0 Å². The first kappa shape index (κ1) is 15.3. The molecule has 0 saturated carbocycles. The number of nitrogens with one attached hydrogen (secondary N) is 1. The van der Waals surface area contributed by atoms with Gasteiger partial charge in [-0.15, -0.1) is 0 Å². The van der Waals surface area contributed by atoms with Crippen molar-refractivity contribution in [1.29, 1.82) is 0 Å². The molecule has 112 valence electrons. The summed E-state index contributed by atoms with van der Waals surface area (Å²) in [6.45, 7) is 2.14. The van der Waals surface area contributed by atoms with E-state index in [9.17, 15) is 13.9 Å². The van der Waals surface area contributed by atoms with E-state index in [-0.39, 0.29) is 24.8 Å². The molecule has 3 nitrogen and oxygen atoms in total. The van der Waals surface area contributed by atoms with Gasteiger partial charge in [-0.2, -0.15) is 0 Å². The predicted octanol–water partition coefficient (Wildman–Crippen LogP) is 3.13. The van der Waals surface area contributed by atoms with Crippen LogP contribution >= 0.6 is 0 Å². The molecular weight excluding hydrogens is 276 g/mol. The number of aliphatic hydroxyl groups excluding tert-OH is 1. The standard InChI is InChI=1S/C16H17F2NO2/c1-11-2-3-13(18)8-16(11)19-9-14(20)10-21-15-6-4-12(17)5-7-15/h2-8,14,19-20H,9-10H2,1H3. The highest BCUT2D eigenvalue weighted by Crippen LogP contribution is 2.16. The average Bonchev–Trinajstić information content (AvgIpc) is 2.47. The number of halogens is 2. The second-order valence-electron chi connectivity index (χ2n) is 4.76. The van der Waals surface area contributed by atoms with Crippen molar-refractivity contribution < 1.29 is 18.6 Å². The van der Waals surface area contributed by atoms with Crippen molar-refractivity contribution in [2.45, 2.75) is 13.0 Å². The molecule has 0 saturated heterocycles. The van der Waals surface area contributed by atoms with Crippen molar-refractivity contribution in [2.24, 2.45) is 0 Å². The zero-order valence-corrected chi connectivity index (χ0v) is 11.6. The third kappa shape index (κ3) is 4.72. The van der Waals surface area contributed by atoms with Gasteiger partial charge in [-0.1, -0.05) is 6.07 Å². The van der Waals surface area contributed by atoms with Gasteiger partial charge in [-0.25, -0.2) is 8.78 Å². The topological polar surface area (TPSA) is 41.5 Å². The van der Waals surface area contributed by atoms with Crippen molar-refractivity contribution in [3.05, 3.63) is 59.7 Å². The molecule has 2 aromatic rings. The van der Waals surface area contributed by atoms with Crippen LogP contribution in [0.1, 0.15) is 5.56 Å². The first-order valence-electron chi connectivity index (χ1n) is 6.61. The lowest BCUT2D eigenvalue weighted by Gasteiger charge is -2.15. The summed E-state index contributed by atoms with van der Waals surface area (Å²) in [5.74, 6) is -0.191. The van der Waals surface area contributed by atoms with E-state index in [4.69, 9.17) is 4.74 Å². The lowest BCUT2D eigenvalue weighted by atomic mass is 10.2. The van der Waals surface area contributed by atoms with Gasteiger partial charge in [0.25, 0.3) is 0 Å². The molecule has 2 rings (SSSR count). The van der Waals surface area contributed by atoms with Crippen LogP contribution in [0, 0.1) is 18.6 Å². The van der Waals surface area contributed by atoms with Crippen LogP contribution in [0.4, 0.5) is 14.5 Å². The molecule has 0 radical (unpaired) electrons. The van der Waals surface area contributed by atoms with Gasteiger partial charge in [0, 0.05) is 12.2 Å². The molecule has 0 aliphatic rings. The largest absolute Gasteiger partial charge is 0.491 e. The highest BCUT2D eigenvalue weighted by molar-refractivity contribution is 5.50. The van der Waals surface area contributed by atoms with Crippen LogP contribution in [0.15, 0.2) is 42.5 Å². The summed E-state index contributed by atoms with van der Waals surface area (Å²) in [5, 5.41) is 12.8. The van der Waals surface area contributed by atoms with Crippen molar-refractivity contribution in [1.82, 2.24) is 0 Å². The molecule has 0 heterocycles. The second kappa shape index (κ2) is 7.04. The molecule has 0 spiro atoms. The molecule has 0 fully saturated rings. The highest BCUT2D eigenvalue weighted by Gasteiger charge is 2.07. The summed E-state index contributed by atoms with van der Waals surface area (Å²) in [5.41, 5.74) is 1.53. The number of hydrogen-bond acceptors (Lipinski definition) is 3. The van der Waals surface area contributed by atoms with Gasteiger partial charge in [0.15, 0.2) is 0 Å². The minimum atomic E-state index is -0.766. The van der Waals surface area contributed by atoms with Gasteiger partial charge in [-0.3, -0.25) is 0 Å². The van der Waals surface area contributed by atoms with Crippen LogP contribution in [0.2, 0.25) is 0 Å². The number of rotatable bonds is 6. The van der Waals surface area contributed by atoms with Crippen LogP contribution in [0.3, 0.4) is 0 Å². The smallest absolute Gasteiger partial charge is 0.125 e. The minimum absolute atomic E-state index is 0.0625. The maximum atomic E-state index is 13.1. The average molecular weight is 293 g/mol. The Hall–Kier alpha value is -2.14. The summed E-state index contributed by atoms with van der Waals surface area (Å²) in [6.07, 6.45) is -0.766. The Morgan fingerprint density at radius 3 is 2.48 bits per heavy atom. The number of benzene rings is 2. The van der Waals surface area contributed by atoms with E-state index in [0.717, 1.165) is 5.56 Å². The van der Waals surface area contributed by atoms with Gasteiger partial charge in [0.2, 0.25) is 0 Å². The molecule has 0 aliphatic heterocycles. The fourth-order valence-electron chi connectivity index (χ4n) is 1.79. The zero-order valence-electron chi connectivity index (χ0n) is 11.6. The predicted molar refractivity (Wildman–Crippen MR) is 77.5 cm³/mol. The molecular formula is C16H17F2NO2. The molecule has 1 atom stereocenters. The van der Waals surface area contributed by atoms with Crippen molar-refractivity contribution in [2.75, 3.05) is 18.5 Å². The van der Waals surface area contributed by atoms with Gasteiger partial charge >= 0.3 is 0 Å². The summed E-state index contributed by atoms with van der Waals surface area (Å²) < 4.78 is 31.2. The summed E-state index contributed by atoms with van der Waals surface area (Å²) >= 11 is 0. The van der Waals surface area contributed by atoms with Crippen LogP contribution in [-0.2, 0) is 0 Å². The van der Waals surface area contributed by atoms with E-state index in [0.29, 0.717) is 11.4 Å². The molecule has 2 N–H and O–H groups in total. The first-order chi connectivity index (χ1) is 10.0. The Kier molecular flexibility index (Phi) is 5.11. The SMILES string of the molecule is Cc1ccc(F)cc1NCC(O)COc1ccc(F)cc1. The summed E-state index contributed by atoms with van der Waals surface area (Å²) in [7, 11) is 0. The van der Waals surface area contributed by atoms with Crippen LogP contribution in [0.25, 0.3) is 0 Å². The number of hydrogen-bond donors (Lipinski definition) is 2. The molecule has 5 heteroatoms. The monoisotopic (exact) mass is 293 g/mol. The lowest BCUT2D eigenvalue weighted by molar-refractivity contribution is 0.117. The Morgan fingerprint density at radius 2 is 1.76 bits per heavy atom. The van der Waals surface area contributed by atoms with Gasteiger partial charge in [0.05, 0.1) is 0 Å². The van der Waals surface area contributed by atoms with Crippen LogP contribution < -0.4 is 10.1 Å². The van der Waals surface area contributed by atoms with Crippen molar-refractivity contribution >= 4 is 5.69 Å². The quantitative estimate of drug-likeness (QED) is 0.860. The van der Waals surface area contributed by atoms with Gasteiger partial charge in [-0.05, 0) is 48.9 Å². The van der Waals surface area contributed by atoms with E-state index in [1.807, 2.05) is 6.92 Å². The highest BCUT2D eigenvalue weighted by atomic mass is 19.1.